The molecule has 1 N–H and O–H groups in total. The minimum absolute atomic E-state index is 0.0799. The number of hydrogen-bond acceptors (Lipinski definition) is 6. The number of alkyl halides is 3. The van der Waals surface area contributed by atoms with Crippen molar-refractivity contribution < 1.29 is 28.0 Å². The number of pyridine rings is 1. The Morgan fingerprint density at radius 1 is 1.26 bits per heavy atom. The summed E-state index contributed by atoms with van der Waals surface area (Å²) in [6, 6.07) is 4.68. The number of anilines is 2. The smallest absolute Gasteiger partial charge is 0.416 e. The molecule has 23 heavy (non-hydrogen) atoms. The number of aromatic nitrogens is 1. The molecule has 0 bridgehead atoms. The molecule has 0 aliphatic carbocycles. The second-order valence-corrected chi connectivity index (χ2v) is 4.34. The van der Waals surface area contributed by atoms with Gasteiger partial charge in [-0.15, -0.1) is 0 Å². The van der Waals surface area contributed by atoms with Crippen LogP contribution in [0.2, 0.25) is 0 Å². The summed E-state index contributed by atoms with van der Waals surface area (Å²) >= 11 is 0. The van der Waals surface area contributed by atoms with Crippen molar-refractivity contribution in [1.82, 2.24) is 4.98 Å². The van der Waals surface area contributed by atoms with E-state index in [4.69, 9.17) is 0 Å². The van der Waals surface area contributed by atoms with Gasteiger partial charge >= 0.3 is 6.18 Å². The van der Waals surface area contributed by atoms with Crippen molar-refractivity contribution in [3.8, 4) is 0 Å². The van der Waals surface area contributed by atoms with Crippen LogP contribution in [0.25, 0.3) is 0 Å². The van der Waals surface area contributed by atoms with E-state index in [-0.39, 0.29) is 11.5 Å². The number of nitrogens with zero attached hydrogens (tertiary/aromatic N) is 2. The van der Waals surface area contributed by atoms with Gasteiger partial charge in [0, 0.05) is 17.3 Å². The number of carbonyl (C=O) groups excluding carboxylic acids is 1. The summed E-state index contributed by atoms with van der Waals surface area (Å²) in [4.78, 5) is 24.3. The lowest BCUT2D eigenvalue weighted by molar-refractivity contribution is -0.385. The number of benzene rings is 1. The molecule has 0 aliphatic heterocycles. The molecule has 2 aromatic rings. The molecule has 0 amide bonds. The first-order valence-electron chi connectivity index (χ1n) is 5.98. The van der Waals surface area contributed by atoms with E-state index in [1.165, 1.54) is 6.07 Å². The number of nitrogens with one attached hydrogen (secondary N) is 1. The van der Waals surface area contributed by atoms with Crippen molar-refractivity contribution in [2.75, 3.05) is 5.32 Å². The largest absolute Gasteiger partial charge is 0.545 e. The fraction of sp³-hybridized carbons (Fsp3) is 0.0769. The minimum Gasteiger partial charge on any atom is -0.545 e. The van der Waals surface area contributed by atoms with Crippen molar-refractivity contribution in [3.63, 3.8) is 0 Å². The lowest BCUT2D eigenvalue weighted by Crippen LogP contribution is -2.24. The Morgan fingerprint density at radius 3 is 2.52 bits per heavy atom. The molecule has 2 rings (SSSR count). The fourth-order valence-electron chi connectivity index (χ4n) is 1.72. The Labute approximate surface area is 126 Å². The van der Waals surface area contributed by atoms with E-state index in [1.807, 2.05) is 0 Å². The summed E-state index contributed by atoms with van der Waals surface area (Å²) < 4.78 is 37.9. The van der Waals surface area contributed by atoms with Crippen LogP contribution in [0.4, 0.5) is 30.4 Å². The average Bonchev–Trinajstić information content (AvgIpc) is 2.46. The summed E-state index contributed by atoms with van der Waals surface area (Å²) in [6.07, 6.45) is -3.79. The van der Waals surface area contributed by atoms with Crippen molar-refractivity contribution in [1.29, 1.82) is 0 Å². The van der Waals surface area contributed by atoms with Crippen LogP contribution in [-0.4, -0.2) is 15.9 Å². The first kappa shape index (κ1) is 16.2. The van der Waals surface area contributed by atoms with Crippen molar-refractivity contribution in [2.24, 2.45) is 0 Å². The van der Waals surface area contributed by atoms with Crippen LogP contribution in [0, 0.1) is 10.1 Å². The van der Waals surface area contributed by atoms with E-state index >= 15 is 0 Å². The molecule has 120 valence electrons. The zero-order valence-electron chi connectivity index (χ0n) is 11.1. The number of halogens is 3. The highest BCUT2D eigenvalue weighted by Crippen LogP contribution is 2.31. The van der Waals surface area contributed by atoms with Gasteiger partial charge in [0.05, 0.1) is 16.5 Å². The third-order valence-corrected chi connectivity index (χ3v) is 2.76. The van der Waals surface area contributed by atoms with Crippen molar-refractivity contribution in [2.45, 2.75) is 6.18 Å². The maximum atomic E-state index is 12.6. The maximum Gasteiger partial charge on any atom is 0.416 e. The molecule has 0 fully saturated rings. The summed E-state index contributed by atoms with van der Waals surface area (Å²) in [5.41, 5.74) is -2.25. The van der Waals surface area contributed by atoms with E-state index < -0.39 is 33.9 Å². The van der Waals surface area contributed by atoms with Crippen LogP contribution >= 0.6 is 0 Å². The highest BCUT2D eigenvalue weighted by atomic mass is 19.4. The first-order chi connectivity index (χ1) is 10.7. The zero-order valence-corrected chi connectivity index (χ0v) is 11.1. The third-order valence-electron chi connectivity index (χ3n) is 2.76. The number of hydrogen-bond donors (Lipinski definition) is 1. The van der Waals surface area contributed by atoms with Gasteiger partial charge in [-0.3, -0.25) is 10.1 Å². The fourth-order valence-corrected chi connectivity index (χ4v) is 1.72. The molecule has 10 heteroatoms. The second kappa shape index (κ2) is 5.91. The van der Waals surface area contributed by atoms with Crippen LogP contribution in [0.15, 0.2) is 36.5 Å². The molecule has 1 heterocycles. The van der Waals surface area contributed by atoms with Crippen molar-refractivity contribution >= 4 is 23.2 Å². The van der Waals surface area contributed by atoms with Gasteiger partial charge in [-0.1, -0.05) is 6.07 Å². The molecular weight excluding hydrogens is 319 g/mol. The molecule has 0 saturated carbocycles. The zero-order chi connectivity index (χ0) is 17.2. The van der Waals surface area contributed by atoms with E-state index in [0.29, 0.717) is 6.07 Å². The Kier molecular flexibility index (Phi) is 4.16. The molecule has 7 nitrogen and oxygen atoms in total. The minimum atomic E-state index is -4.57. The molecule has 0 atom stereocenters. The van der Waals surface area contributed by atoms with Crippen molar-refractivity contribution in [3.05, 3.63) is 57.8 Å². The average molecular weight is 326 g/mol. The van der Waals surface area contributed by atoms with Gasteiger partial charge in [-0.2, -0.15) is 13.2 Å². The van der Waals surface area contributed by atoms with Gasteiger partial charge in [-0.25, -0.2) is 4.98 Å². The summed E-state index contributed by atoms with van der Waals surface area (Å²) in [5, 5.41) is 24.0. The topological polar surface area (TPSA) is 108 Å². The molecule has 1 aromatic carbocycles. The van der Waals surface area contributed by atoms with Gasteiger partial charge in [0.25, 0.3) is 5.69 Å². The second-order valence-electron chi connectivity index (χ2n) is 4.34. The van der Waals surface area contributed by atoms with Crippen LogP contribution in [0.1, 0.15) is 15.9 Å². The van der Waals surface area contributed by atoms with Gasteiger partial charge in [0.15, 0.2) is 0 Å². The van der Waals surface area contributed by atoms with Crippen LogP contribution in [-0.2, 0) is 6.18 Å². The van der Waals surface area contributed by atoms with Gasteiger partial charge in [-0.05, 0) is 18.2 Å². The van der Waals surface area contributed by atoms with Gasteiger partial charge < -0.3 is 15.2 Å². The third kappa shape index (κ3) is 3.73. The molecular formula is C13H7F3N3O4-. The SMILES string of the molecule is O=C([O-])c1cc([N+](=O)[O-])cnc1Nc1cccc(C(F)(F)F)c1. The predicted octanol–water partition coefficient (Wildman–Crippen LogP) is 2.12. The molecule has 0 aliphatic rings. The molecule has 0 spiro atoms. The Bertz CT molecular complexity index is 777. The molecule has 1 aromatic heterocycles. The monoisotopic (exact) mass is 326 g/mol. The normalized spacial score (nSPS) is 11.1. The number of rotatable bonds is 4. The van der Waals surface area contributed by atoms with Gasteiger partial charge in [0.1, 0.15) is 12.0 Å². The first-order valence-corrected chi connectivity index (χ1v) is 5.98. The lowest BCUT2D eigenvalue weighted by Gasteiger charge is -2.13. The summed E-state index contributed by atoms with van der Waals surface area (Å²) in [6.45, 7) is 0. The quantitative estimate of drug-likeness (QED) is 0.681. The highest BCUT2D eigenvalue weighted by Gasteiger charge is 2.30. The molecule has 0 radical (unpaired) electrons. The number of aromatic carboxylic acids is 1. The Balaban J connectivity index is 2.40. The predicted molar refractivity (Wildman–Crippen MR) is 69.9 cm³/mol. The standard InChI is InChI=1S/C13H8F3N3O4/c14-13(15,16)7-2-1-3-8(4-7)18-11-10(12(20)21)5-9(6-17-11)19(22)23/h1-6H,(H,17,18)(H,20,21)/p-1. The Morgan fingerprint density at radius 2 is 1.96 bits per heavy atom. The highest BCUT2D eigenvalue weighted by molar-refractivity contribution is 5.93. The molecule has 0 unspecified atom stereocenters. The number of carboxylic acids is 1. The number of carboxylic acid groups (broad SMARTS) is 1. The van der Waals surface area contributed by atoms with E-state index in [2.05, 4.69) is 10.3 Å². The Hall–Kier alpha value is -3.17. The lowest BCUT2D eigenvalue weighted by atomic mass is 10.2. The van der Waals surface area contributed by atoms with Crippen LogP contribution in [0.5, 0.6) is 0 Å². The summed E-state index contributed by atoms with van der Waals surface area (Å²) in [7, 11) is 0. The van der Waals surface area contributed by atoms with Gasteiger partial charge in [0.2, 0.25) is 0 Å². The molecule has 0 saturated heterocycles. The summed E-state index contributed by atoms with van der Waals surface area (Å²) in [5.74, 6) is -2.12. The van der Waals surface area contributed by atoms with E-state index in [0.717, 1.165) is 24.4 Å². The maximum absolute atomic E-state index is 12.6. The van der Waals surface area contributed by atoms with Crippen LogP contribution < -0.4 is 10.4 Å². The van der Waals surface area contributed by atoms with E-state index in [9.17, 15) is 33.2 Å². The number of nitro groups is 1. The van der Waals surface area contributed by atoms with Crippen LogP contribution in [0.3, 0.4) is 0 Å². The van der Waals surface area contributed by atoms with E-state index in [1.54, 1.807) is 0 Å². The number of carbonyl (C=O) groups is 1.